The average molecular weight is 510 g/mol. The van der Waals surface area contributed by atoms with Gasteiger partial charge in [0.25, 0.3) is 5.91 Å². The van der Waals surface area contributed by atoms with Crippen LogP contribution < -0.4 is 10.6 Å². The van der Waals surface area contributed by atoms with Gasteiger partial charge in [0.15, 0.2) is 0 Å². The van der Waals surface area contributed by atoms with Crippen LogP contribution in [0.2, 0.25) is 0 Å². The van der Waals surface area contributed by atoms with Crippen LogP contribution in [0.25, 0.3) is 0 Å². The lowest BCUT2D eigenvalue weighted by atomic mass is 9.95. The van der Waals surface area contributed by atoms with Gasteiger partial charge >= 0.3 is 6.09 Å². The minimum absolute atomic E-state index is 0.169. The lowest BCUT2D eigenvalue weighted by Crippen LogP contribution is -2.54. The molecule has 0 aliphatic heterocycles. The fourth-order valence-corrected chi connectivity index (χ4v) is 4.22. The van der Waals surface area contributed by atoms with Crippen molar-refractivity contribution in [3.63, 3.8) is 0 Å². The molecule has 0 aliphatic carbocycles. The number of hydrogen-bond acceptors (Lipinski definition) is 4. The molecular formula is C30H43N3O4. The Bertz CT molecular complexity index is 1040. The molecule has 0 radical (unpaired) electrons. The van der Waals surface area contributed by atoms with Crippen molar-refractivity contribution < 1.29 is 19.1 Å². The highest BCUT2D eigenvalue weighted by atomic mass is 16.6. The van der Waals surface area contributed by atoms with Crippen LogP contribution in [0.3, 0.4) is 0 Å². The zero-order valence-electron chi connectivity index (χ0n) is 23.6. The number of para-hydroxylation sites is 1. The van der Waals surface area contributed by atoms with Gasteiger partial charge in [-0.2, -0.15) is 0 Å². The molecule has 3 atom stereocenters. The van der Waals surface area contributed by atoms with Gasteiger partial charge in [0.2, 0.25) is 5.91 Å². The minimum Gasteiger partial charge on any atom is -0.444 e. The van der Waals surface area contributed by atoms with Crippen LogP contribution in [0, 0.1) is 19.8 Å². The molecule has 0 heterocycles. The summed E-state index contributed by atoms with van der Waals surface area (Å²) < 4.78 is 5.45. The van der Waals surface area contributed by atoms with E-state index in [9.17, 15) is 14.4 Å². The van der Waals surface area contributed by atoms with E-state index in [0.717, 1.165) is 16.8 Å². The summed E-state index contributed by atoms with van der Waals surface area (Å²) in [7, 11) is 0. The molecule has 2 N–H and O–H groups in total. The largest absolute Gasteiger partial charge is 0.444 e. The Morgan fingerprint density at radius 1 is 0.946 bits per heavy atom. The topological polar surface area (TPSA) is 87.7 Å². The van der Waals surface area contributed by atoms with Gasteiger partial charge in [-0.1, -0.05) is 75.7 Å². The molecule has 2 aromatic rings. The zero-order chi connectivity index (χ0) is 27.8. The molecule has 3 unspecified atom stereocenters. The number of nitrogens with zero attached hydrogens (tertiary/aromatic N) is 1. The number of nitrogens with one attached hydrogen (secondary N) is 2. The first-order valence-corrected chi connectivity index (χ1v) is 13.1. The summed E-state index contributed by atoms with van der Waals surface area (Å²) in [6, 6.07) is 13.4. The number of carbonyl (C=O) groups excluding carboxylic acids is 3. The monoisotopic (exact) mass is 509 g/mol. The Morgan fingerprint density at radius 3 is 2.05 bits per heavy atom. The van der Waals surface area contributed by atoms with Crippen molar-refractivity contribution in [2.24, 2.45) is 5.92 Å². The molecule has 0 aliphatic rings. The summed E-state index contributed by atoms with van der Waals surface area (Å²) in [5.41, 5.74) is 2.62. The lowest BCUT2D eigenvalue weighted by Gasteiger charge is -2.36. The number of alkyl carbamates (subject to hydrolysis) is 1. The van der Waals surface area contributed by atoms with E-state index in [0.29, 0.717) is 24.9 Å². The van der Waals surface area contributed by atoms with Crippen molar-refractivity contribution in [1.82, 2.24) is 10.2 Å². The number of ether oxygens (including phenoxy) is 1. The van der Waals surface area contributed by atoms with Gasteiger partial charge in [0, 0.05) is 12.2 Å². The molecule has 0 fully saturated rings. The molecule has 2 rings (SSSR count). The Hall–Kier alpha value is -3.35. The zero-order valence-corrected chi connectivity index (χ0v) is 23.6. The molecule has 0 spiro atoms. The summed E-state index contributed by atoms with van der Waals surface area (Å²) in [5, 5.41) is 5.87. The normalized spacial score (nSPS) is 13.7. The highest BCUT2D eigenvalue weighted by molar-refractivity contribution is 6.00. The standard InChI is InChI=1S/C30H43N3O4/c1-9-19-33(28(35)25(20(3)10-2)32-29(36)37-30(6,7)8)26(23-17-12-11-13-18-23)27(34)31-24-21(4)15-14-16-22(24)5/h11-18,20,25-26H,9-10,19H2,1-8H3,(H,31,34)(H,32,36). The highest BCUT2D eigenvalue weighted by Crippen LogP contribution is 2.28. The quantitative estimate of drug-likeness (QED) is 0.401. The fourth-order valence-electron chi connectivity index (χ4n) is 4.22. The minimum atomic E-state index is -0.875. The number of hydrogen-bond donors (Lipinski definition) is 2. The van der Waals surface area contributed by atoms with Gasteiger partial charge in [0.05, 0.1) is 0 Å². The van der Waals surface area contributed by atoms with E-state index < -0.39 is 23.8 Å². The molecule has 7 heteroatoms. The second-order valence-electron chi connectivity index (χ2n) is 10.6. The molecular weight excluding hydrogens is 466 g/mol. The summed E-state index contributed by atoms with van der Waals surface area (Å²) in [5.74, 6) is -0.782. The van der Waals surface area contributed by atoms with Crippen LogP contribution in [0.5, 0.6) is 0 Å². The van der Waals surface area contributed by atoms with E-state index >= 15 is 0 Å². The molecule has 0 bridgehead atoms. The fraction of sp³-hybridized carbons (Fsp3) is 0.500. The van der Waals surface area contributed by atoms with Crippen molar-refractivity contribution in [1.29, 1.82) is 0 Å². The van der Waals surface area contributed by atoms with Gasteiger partial charge in [-0.05, 0) is 63.6 Å². The predicted molar refractivity (Wildman–Crippen MR) is 148 cm³/mol. The predicted octanol–water partition coefficient (Wildman–Crippen LogP) is 6.16. The van der Waals surface area contributed by atoms with Gasteiger partial charge in [-0.3, -0.25) is 9.59 Å². The maximum Gasteiger partial charge on any atom is 0.408 e. The van der Waals surface area contributed by atoms with Gasteiger partial charge in [-0.15, -0.1) is 0 Å². The Balaban J connectivity index is 2.51. The summed E-state index contributed by atoms with van der Waals surface area (Å²) >= 11 is 0. The van der Waals surface area contributed by atoms with Crippen molar-refractivity contribution in [2.75, 3.05) is 11.9 Å². The van der Waals surface area contributed by atoms with Crippen molar-refractivity contribution in [3.8, 4) is 0 Å². The van der Waals surface area contributed by atoms with Gasteiger partial charge < -0.3 is 20.3 Å². The van der Waals surface area contributed by atoms with Crippen LogP contribution in [0.15, 0.2) is 48.5 Å². The van der Waals surface area contributed by atoms with Gasteiger partial charge in [-0.25, -0.2) is 4.79 Å². The maximum absolute atomic E-state index is 14.1. The van der Waals surface area contributed by atoms with Crippen molar-refractivity contribution in [2.45, 2.75) is 85.9 Å². The molecule has 2 aromatic carbocycles. The van der Waals surface area contributed by atoms with E-state index in [1.54, 1.807) is 25.7 Å². The first-order valence-electron chi connectivity index (χ1n) is 13.1. The summed E-state index contributed by atoms with van der Waals surface area (Å²) in [6.45, 7) is 15.4. The average Bonchev–Trinajstić information content (AvgIpc) is 2.83. The second kappa shape index (κ2) is 13.3. The number of rotatable bonds is 10. The Labute approximate surface area is 222 Å². The Kier molecular flexibility index (Phi) is 10.7. The SMILES string of the molecule is CCCN(C(=O)C(NC(=O)OC(C)(C)C)C(C)CC)C(C(=O)Nc1c(C)cccc1C)c1ccccc1. The summed E-state index contributed by atoms with van der Waals surface area (Å²) in [4.78, 5) is 42.3. The Morgan fingerprint density at radius 2 is 1.54 bits per heavy atom. The highest BCUT2D eigenvalue weighted by Gasteiger charge is 2.38. The molecule has 37 heavy (non-hydrogen) atoms. The number of anilines is 1. The third-order valence-corrected chi connectivity index (χ3v) is 6.30. The number of carbonyl (C=O) groups is 3. The van der Waals surface area contributed by atoms with Crippen LogP contribution in [-0.4, -0.2) is 41.0 Å². The van der Waals surface area contributed by atoms with E-state index in [1.807, 2.05) is 83.1 Å². The van der Waals surface area contributed by atoms with Crippen LogP contribution >= 0.6 is 0 Å². The number of benzene rings is 2. The molecule has 0 aromatic heterocycles. The van der Waals surface area contributed by atoms with Crippen LogP contribution in [0.1, 0.15) is 77.1 Å². The van der Waals surface area contributed by atoms with E-state index in [1.165, 1.54) is 0 Å². The molecule has 7 nitrogen and oxygen atoms in total. The summed E-state index contributed by atoms with van der Waals surface area (Å²) in [6.07, 6.45) is 0.654. The van der Waals surface area contributed by atoms with E-state index in [4.69, 9.17) is 4.74 Å². The van der Waals surface area contributed by atoms with Crippen LogP contribution in [0.4, 0.5) is 10.5 Å². The van der Waals surface area contributed by atoms with E-state index in [2.05, 4.69) is 10.6 Å². The van der Waals surface area contributed by atoms with E-state index in [-0.39, 0.29) is 17.7 Å². The third-order valence-electron chi connectivity index (χ3n) is 6.30. The first-order chi connectivity index (χ1) is 17.4. The van der Waals surface area contributed by atoms with Crippen LogP contribution in [-0.2, 0) is 14.3 Å². The van der Waals surface area contributed by atoms with Gasteiger partial charge in [0.1, 0.15) is 17.7 Å². The third kappa shape index (κ3) is 8.34. The smallest absolute Gasteiger partial charge is 0.408 e. The van der Waals surface area contributed by atoms with Crippen molar-refractivity contribution >= 4 is 23.6 Å². The number of amides is 3. The first kappa shape index (κ1) is 29.9. The molecule has 202 valence electrons. The molecule has 3 amide bonds. The lowest BCUT2D eigenvalue weighted by molar-refractivity contribution is -0.141. The van der Waals surface area contributed by atoms with Crippen molar-refractivity contribution in [3.05, 3.63) is 65.2 Å². The maximum atomic E-state index is 14.1. The number of aryl methyl sites for hydroxylation is 2. The second-order valence-corrected chi connectivity index (χ2v) is 10.6. The molecule has 0 saturated carbocycles. The molecule has 0 saturated heterocycles.